The van der Waals surface area contributed by atoms with Crippen molar-refractivity contribution in [2.75, 3.05) is 13.7 Å². The highest BCUT2D eigenvalue weighted by Gasteiger charge is 2.22. The van der Waals surface area contributed by atoms with Crippen molar-refractivity contribution < 1.29 is 19.4 Å². The lowest BCUT2D eigenvalue weighted by Gasteiger charge is -2.12. The predicted molar refractivity (Wildman–Crippen MR) is 75.8 cm³/mol. The highest BCUT2D eigenvalue weighted by Crippen LogP contribution is 2.25. The first-order valence-electron chi connectivity index (χ1n) is 5.63. The zero-order chi connectivity index (χ0) is 14.5. The number of nitrogens with zero attached hydrogens (tertiary/aromatic N) is 1. The third kappa shape index (κ3) is 3.21. The third-order valence-electron chi connectivity index (χ3n) is 2.48. The van der Waals surface area contributed by atoms with E-state index < -0.39 is 24.5 Å². The number of hydrogen-bond donors (Lipinski definition) is 2. The second-order valence-electron chi connectivity index (χ2n) is 3.78. The Hall–Kier alpha value is -1.77. The molecular formula is C12H12N2O4S2. The third-order valence-corrected chi connectivity index (χ3v) is 4.05. The Labute approximate surface area is 123 Å². The molecule has 2 aromatic rings. The Morgan fingerprint density at radius 1 is 1.50 bits per heavy atom. The van der Waals surface area contributed by atoms with Crippen LogP contribution < -0.4 is 5.32 Å². The Morgan fingerprint density at radius 3 is 2.90 bits per heavy atom. The number of rotatable bonds is 5. The topological polar surface area (TPSA) is 88.5 Å². The second kappa shape index (κ2) is 6.60. The molecule has 1 atom stereocenters. The first kappa shape index (κ1) is 14.6. The number of carbonyl (C=O) groups is 2. The first-order valence-corrected chi connectivity index (χ1v) is 7.45. The molecule has 0 radical (unpaired) electrons. The zero-order valence-electron chi connectivity index (χ0n) is 10.5. The van der Waals surface area contributed by atoms with Gasteiger partial charge in [-0.3, -0.25) is 4.79 Å². The summed E-state index contributed by atoms with van der Waals surface area (Å²) < 4.78 is 4.47. The van der Waals surface area contributed by atoms with Crippen LogP contribution in [-0.4, -0.2) is 41.7 Å². The Balaban J connectivity index is 2.08. The fourth-order valence-corrected chi connectivity index (χ4v) is 2.96. The molecule has 1 amide bonds. The minimum absolute atomic E-state index is 0.207. The van der Waals surface area contributed by atoms with Gasteiger partial charge in [-0.2, -0.15) is 11.3 Å². The largest absolute Gasteiger partial charge is 0.467 e. The van der Waals surface area contributed by atoms with E-state index in [-0.39, 0.29) is 5.69 Å². The van der Waals surface area contributed by atoms with Gasteiger partial charge in [0.25, 0.3) is 5.91 Å². The monoisotopic (exact) mass is 312 g/mol. The van der Waals surface area contributed by atoms with Crippen LogP contribution in [0.1, 0.15) is 10.5 Å². The average molecular weight is 312 g/mol. The minimum Gasteiger partial charge on any atom is -0.467 e. The van der Waals surface area contributed by atoms with Gasteiger partial charge in [-0.05, 0) is 11.4 Å². The van der Waals surface area contributed by atoms with Crippen molar-refractivity contribution in [3.05, 3.63) is 27.9 Å². The van der Waals surface area contributed by atoms with E-state index in [9.17, 15) is 9.59 Å². The van der Waals surface area contributed by atoms with Crippen LogP contribution in [0.4, 0.5) is 0 Å². The van der Waals surface area contributed by atoms with Gasteiger partial charge in [0.1, 0.15) is 10.7 Å². The molecule has 0 saturated heterocycles. The fraction of sp³-hybridized carbons (Fsp3) is 0.250. The number of aliphatic hydroxyl groups is 1. The summed E-state index contributed by atoms with van der Waals surface area (Å²) in [5, 5.41) is 17.6. The Bertz CT molecular complexity index is 594. The lowest BCUT2D eigenvalue weighted by Crippen LogP contribution is -2.44. The molecule has 0 saturated carbocycles. The Morgan fingerprint density at radius 2 is 2.30 bits per heavy atom. The predicted octanol–water partition coefficient (Wildman–Crippen LogP) is 1.14. The molecule has 20 heavy (non-hydrogen) atoms. The summed E-state index contributed by atoms with van der Waals surface area (Å²) in [6.07, 6.45) is 0. The van der Waals surface area contributed by atoms with Crippen LogP contribution in [0.3, 0.4) is 0 Å². The van der Waals surface area contributed by atoms with Crippen molar-refractivity contribution in [1.29, 1.82) is 0 Å². The maximum Gasteiger partial charge on any atom is 0.330 e. The van der Waals surface area contributed by atoms with Gasteiger partial charge in [-0.25, -0.2) is 9.78 Å². The molecule has 0 fully saturated rings. The second-order valence-corrected chi connectivity index (χ2v) is 5.42. The Kier molecular flexibility index (Phi) is 4.83. The molecule has 0 aliphatic rings. The van der Waals surface area contributed by atoms with Crippen LogP contribution in [0.5, 0.6) is 0 Å². The van der Waals surface area contributed by atoms with Gasteiger partial charge in [0.2, 0.25) is 0 Å². The van der Waals surface area contributed by atoms with E-state index in [4.69, 9.17) is 5.11 Å². The molecule has 106 valence electrons. The van der Waals surface area contributed by atoms with E-state index in [1.165, 1.54) is 18.4 Å². The maximum atomic E-state index is 11.9. The van der Waals surface area contributed by atoms with Crippen LogP contribution in [0, 0.1) is 0 Å². The molecule has 2 heterocycles. The van der Waals surface area contributed by atoms with E-state index in [1.807, 2.05) is 16.8 Å². The summed E-state index contributed by atoms with van der Waals surface area (Å²) in [6, 6.07) is 0.828. The molecular weight excluding hydrogens is 300 g/mol. The number of carbonyl (C=O) groups excluding carboxylic acids is 2. The lowest BCUT2D eigenvalue weighted by atomic mass is 10.3. The maximum absolute atomic E-state index is 11.9. The van der Waals surface area contributed by atoms with Crippen LogP contribution in [0.2, 0.25) is 0 Å². The van der Waals surface area contributed by atoms with E-state index in [0.717, 1.165) is 10.6 Å². The molecule has 0 unspecified atom stereocenters. The molecule has 2 rings (SSSR count). The van der Waals surface area contributed by atoms with Gasteiger partial charge < -0.3 is 15.2 Å². The number of hydrogen-bond acceptors (Lipinski definition) is 7. The van der Waals surface area contributed by atoms with Gasteiger partial charge in [-0.1, -0.05) is 0 Å². The van der Waals surface area contributed by atoms with Crippen molar-refractivity contribution >= 4 is 34.6 Å². The summed E-state index contributed by atoms with van der Waals surface area (Å²) >= 11 is 2.89. The molecule has 0 aromatic carbocycles. The molecule has 2 N–H and O–H groups in total. The standard InChI is InChI=1S/C12H12N2O4S2/c1-18-12(17)8(4-15)13-10(16)9-6-20-11(14-9)7-2-3-19-5-7/h2-3,5-6,8,15H,4H2,1H3,(H,13,16)/t8-/m1/s1. The SMILES string of the molecule is COC(=O)[C@@H](CO)NC(=O)c1csc(-c2ccsc2)n1. The number of methoxy groups -OCH3 is 1. The highest BCUT2D eigenvalue weighted by atomic mass is 32.1. The van der Waals surface area contributed by atoms with Crippen LogP contribution in [0.15, 0.2) is 22.2 Å². The van der Waals surface area contributed by atoms with Crippen molar-refractivity contribution in [3.8, 4) is 10.6 Å². The molecule has 8 heteroatoms. The van der Waals surface area contributed by atoms with E-state index in [0.29, 0.717) is 0 Å². The van der Waals surface area contributed by atoms with Crippen molar-refractivity contribution in [1.82, 2.24) is 10.3 Å². The minimum atomic E-state index is -1.08. The summed E-state index contributed by atoms with van der Waals surface area (Å²) in [5.41, 5.74) is 1.16. The number of aliphatic hydroxyl groups excluding tert-OH is 1. The fourth-order valence-electron chi connectivity index (χ4n) is 1.45. The first-order chi connectivity index (χ1) is 9.65. The van der Waals surface area contributed by atoms with Gasteiger partial charge in [0.05, 0.1) is 13.7 Å². The molecule has 0 aliphatic carbocycles. The smallest absolute Gasteiger partial charge is 0.330 e. The number of thiazole rings is 1. The normalized spacial score (nSPS) is 11.9. The number of nitrogens with one attached hydrogen (secondary N) is 1. The number of aromatic nitrogens is 1. The van der Waals surface area contributed by atoms with Crippen LogP contribution in [-0.2, 0) is 9.53 Å². The molecule has 0 spiro atoms. The number of thiophene rings is 1. The van der Waals surface area contributed by atoms with Crippen LogP contribution >= 0.6 is 22.7 Å². The summed E-state index contributed by atoms with van der Waals surface area (Å²) in [4.78, 5) is 27.4. The molecule has 0 bridgehead atoms. The van der Waals surface area contributed by atoms with Gasteiger partial charge in [-0.15, -0.1) is 11.3 Å². The zero-order valence-corrected chi connectivity index (χ0v) is 12.2. The molecule has 0 aliphatic heterocycles. The van der Waals surface area contributed by atoms with Gasteiger partial charge in [0, 0.05) is 16.3 Å². The number of esters is 1. The van der Waals surface area contributed by atoms with Crippen LogP contribution in [0.25, 0.3) is 10.6 Å². The summed E-state index contributed by atoms with van der Waals surface area (Å²) in [7, 11) is 1.19. The summed E-state index contributed by atoms with van der Waals surface area (Å²) in [6.45, 7) is -0.528. The number of amides is 1. The molecule has 2 aromatic heterocycles. The quantitative estimate of drug-likeness (QED) is 0.808. The lowest BCUT2D eigenvalue weighted by molar-refractivity contribution is -0.143. The summed E-state index contributed by atoms with van der Waals surface area (Å²) in [5.74, 6) is -1.22. The van der Waals surface area contributed by atoms with Gasteiger partial charge in [0.15, 0.2) is 6.04 Å². The van der Waals surface area contributed by atoms with Crippen molar-refractivity contribution in [3.63, 3.8) is 0 Å². The van der Waals surface area contributed by atoms with E-state index in [1.54, 1.807) is 16.7 Å². The average Bonchev–Trinajstić information content (AvgIpc) is 3.13. The van der Waals surface area contributed by atoms with E-state index in [2.05, 4.69) is 15.0 Å². The highest BCUT2D eigenvalue weighted by molar-refractivity contribution is 7.14. The van der Waals surface area contributed by atoms with Crippen molar-refractivity contribution in [2.24, 2.45) is 0 Å². The van der Waals surface area contributed by atoms with E-state index >= 15 is 0 Å². The van der Waals surface area contributed by atoms with Crippen molar-refractivity contribution in [2.45, 2.75) is 6.04 Å². The number of ether oxygens (including phenoxy) is 1. The molecule has 6 nitrogen and oxygen atoms in total. The van der Waals surface area contributed by atoms with Gasteiger partial charge >= 0.3 is 5.97 Å².